The Balaban J connectivity index is 2.50. The van der Waals surface area contributed by atoms with E-state index in [0.29, 0.717) is 0 Å². The molecule has 0 fully saturated rings. The van der Waals surface area contributed by atoms with E-state index in [1.165, 1.54) is 32.0 Å². The Morgan fingerprint density at radius 1 is 1.20 bits per heavy atom. The number of esters is 1. The van der Waals surface area contributed by atoms with Gasteiger partial charge in [0.05, 0.1) is 29.6 Å². The molecule has 0 spiro atoms. The van der Waals surface area contributed by atoms with Gasteiger partial charge < -0.3 is 15.6 Å². The molecule has 0 radical (unpaired) electrons. The van der Waals surface area contributed by atoms with Crippen LogP contribution in [0.1, 0.15) is 35.5 Å². The molecular weight excluding hydrogens is 403 g/mol. The van der Waals surface area contributed by atoms with Crippen molar-refractivity contribution in [2.24, 2.45) is 0 Å². The smallest absolute Gasteiger partial charge is 0.416 e. The van der Waals surface area contributed by atoms with E-state index in [0.717, 1.165) is 29.9 Å². The van der Waals surface area contributed by atoms with Crippen molar-refractivity contribution >= 4 is 22.6 Å². The average Bonchev–Trinajstić information content (AvgIpc) is 2.66. The maximum absolute atomic E-state index is 13.3. The summed E-state index contributed by atoms with van der Waals surface area (Å²) in [5.41, 5.74) is 1.71. The third-order valence-corrected chi connectivity index (χ3v) is 4.52. The largest absolute Gasteiger partial charge is 0.465 e. The van der Waals surface area contributed by atoms with E-state index < -0.39 is 34.4 Å². The zero-order valence-corrected chi connectivity index (χ0v) is 16.2. The Morgan fingerprint density at radius 3 is 2.43 bits per heavy atom. The van der Waals surface area contributed by atoms with Gasteiger partial charge in [0, 0.05) is 5.39 Å². The minimum atomic E-state index is -4.67. The van der Waals surface area contributed by atoms with Crippen LogP contribution in [0.15, 0.2) is 41.2 Å². The molecule has 0 saturated heterocycles. The van der Waals surface area contributed by atoms with Crippen molar-refractivity contribution in [2.45, 2.75) is 25.6 Å². The third kappa shape index (κ3) is 3.61. The van der Waals surface area contributed by atoms with E-state index in [9.17, 15) is 27.9 Å². The van der Waals surface area contributed by atoms with Crippen LogP contribution in [0.5, 0.6) is 0 Å². The molecule has 158 valence electrons. The Hall–Kier alpha value is -3.40. The summed E-state index contributed by atoms with van der Waals surface area (Å²) in [5.74, 6) is -1.12. The van der Waals surface area contributed by atoms with Gasteiger partial charge in [-0.25, -0.2) is 9.78 Å². The van der Waals surface area contributed by atoms with Crippen LogP contribution in [0.3, 0.4) is 0 Å². The Labute approximate surface area is 168 Å². The van der Waals surface area contributed by atoms with Crippen molar-refractivity contribution in [3.8, 4) is 5.82 Å². The van der Waals surface area contributed by atoms with Gasteiger partial charge in [0.25, 0.3) is 5.56 Å². The fourth-order valence-electron chi connectivity index (χ4n) is 3.01. The van der Waals surface area contributed by atoms with Crippen molar-refractivity contribution in [1.82, 2.24) is 9.55 Å². The van der Waals surface area contributed by atoms with Gasteiger partial charge in [-0.05, 0) is 38.1 Å². The summed E-state index contributed by atoms with van der Waals surface area (Å²) in [4.78, 5) is 29.5. The lowest BCUT2D eigenvalue weighted by Gasteiger charge is -2.19. The van der Waals surface area contributed by atoms with Gasteiger partial charge in [-0.3, -0.25) is 9.36 Å². The zero-order chi connectivity index (χ0) is 22.4. The van der Waals surface area contributed by atoms with Crippen molar-refractivity contribution < 1.29 is 27.8 Å². The van der Waals surface area contributed by atoms with E-state index in [-0.39, 0.29) is 28.1 Å². The molecular formula is C20H18F3N3O4. The first-order valence-electron chi connectivity index (χ1n) is 8.70. The normalized spacial score (nSPS) is 12.2. The number of nitrogen functional groups attached to an aromatic ring is 1. The molecule has 0 aliphatic rings. The molecule has 0 aliphatic carbocycles. The zero-order valence-electron chi connectivity index (χ0n) is 16.2. The Morgan fingerprint density at radius 2 is 1.87 bits per heavy atom. The summed E-state index contributed by atoms with van der Waals surface area (Å²) in [5, 5.41) is 10.3. The van der Waals surface area contributed by atoms with Gasteiger partial charge in [-0.1, -0.05) is 12.1 Å². The summed E-state index contributed by atoms with van der Waals surface area (Å²) >= 11 is 0. The number of nitrogens with zero attached hydrogens (tertiary/aromatic N) is 2. The van der Waals surface area contributed by atoms with Crippen LogP contribution in [0.4, 0.5) is 18.9 Å². The van der Waals surface area contributed by atoms with Gasteiger partial charge in [-0.15, -0.1) is 0 Å². The van der Waals surface area contributed by atoms with Crippen molar-refractivity contribution in [3.05, 3.63) is 63.6 Å². The van der Waals surface area contributed by atoms with Crippen LogP contribution in [0.2, 0.25) is 0 Å². The second kappa shape index (κ2) is 7.13. The molecule has 0 aliphatic heterocycles. The van der Waals surface area contributed by atoms with Crippen LogP contribution in [0, 0.1) is 0 Å². The number of methoxy groups -OCH3 is 1. The highest BCUT2D eigenvalue weighted by molar-refractivity contribution is 6.04. The number of rotatable bonds is 3. The minimum absolute atomic E-state index is 0.0402. The lowest BCUT2D eigenvalue weighted by Crippen LogP contribution is -2.29. The van der Waals surface area contributed by atoms with Crippen LogP contribution in [0.25, 0.3) is 16.7 Å². The predicted octanol–water partition coefficient (Wildman–Crippen LogP) is 3.00. The molecule has 3 N–H and O–H groups in total. The molecule has 30 heavy (non-hydrogen) atoms. The summed E-state index contributed by atoms with van der Waals surface area (Å²) in [6.07, 6.45) is -4.67. The highest BCUT2D eigenvalue weighted by atomic mass is 19.4. The van der Waals surface area contributed by atoms with Crippen molar-refractivity contribution in [1.29, 1.82) is 0 Å². The highest BCUT2D eigenvalue weighted by Crippen LogP contribution is 2.34. The fourth-order valence-corrected chi connectivity index (χ4v) is 3.01. The third-order valence-electron chi connectivity index (χ3n) is 4.52. The summed E-state index contributed by atoms with van der Waals surface area (Å²) in [7, 11) is 1.05. The number of pyridine rings is 2. The Kier molecular flexibility index (Phi) is 5.07. The molecule has 0 saturated carbocycles. The number of aromatic nitrogens is 2. The lowest BCUT2D eigenvalue weighted by molar-refractivity contribution is -0.137. The number of halogens is 3. The number of hydrogen-bond acceptors (Lipinski definition) is 6. The number of alkyl halides is 3. The van der Waals surface area contributed by atoms with Crippen LogP contribution < -0.4 is 11.3 Å². The first-order valence-corrected chi connectivity index (χ1v) is 8.70. The van der Waals surface area contributed by atoms with Gasteiger partial charge in [0.2, 0.25) is 0 Å². The standard InChI is InChI=1S/C20H18F3N3O4/c1-19(2,29)13-5-4-6-14(25-13)26-12-9-10(20(21,22)23)7-8-11(12)16(24)15(17(26)27)18(28)30-3/h4-9,29H,24H2,1-3H3. The lowest BCUT2D eigenvalue weighted by atomic mass is 10.0. The SMILES string of the molecule is COC(=O)c1c(N)c2ccc(C(F)(F)F)cc2n(-c2cccc(C(C)(C)O)n2)c1=O. The van der Waals surface area contributed by atoms with Crippen LogP contribution in [-0.2, 0) is 16.5 Å². The molecule has 0 amide bonds. The molecule has 2 heterocycles. The number of benzene rings is 1. The molecule has 0 unspecified atom stereocenters. The van der Waals surface area contributed by atoms with Gasteiger partial charge in [0.15, 0.2) is 0 Å². The second-order valence-electron chi connectivity index (χ2n) is 7.09. The number of anilines is 1. The average molecular weight is 421 g/mol. The van der Waals surface area contributed by atoms with E-state index in [2.05, 4.69) is 9.72 Å². The maximum atomic E-state index is 13.3. The minimum Gasteiger partial charge on any atom is -0.465 e. The molecule has 0 bridgehead atoms. The number of carbonyl (C=O) groups excluding carboxylic acids is 1. The molecule has 2 aromatic heterocycles. The first-order chi connectivity index (χ1) is 13.9. The van der Waals surface area contributed by atoms with Gasteiger partial charge in [-0.2, -0.15) is 13.2 Å². The monoisotopic (exact) mass is 421 g/mol. The Bertz CT molecular complexity index is 1210. The van der Waals surface area contributed by atoms with Gasteiger partial charge in [0.1, 0.15) is 17.0 Å². The number of fused-ring (bicyclic) bond motifs is 1. The number of carbonyl (C=O) groups is 1. The van der Waals surface area contributed by atoms with Crippen molar-refractivity contribution in [2.75, 3.05) is 12.8 Å². The van der Waals surface area contributed by atoms with Crippen LogP contribution >= 0.6 is 0 Å². The molecule has 7 nitrogen and oxygen atoms in total. The molecule has 3 rings (SSSR count). The van der Waals surface area contributed by atoms with E-state index in [4.69, 9.17) is 5.73 Å². The van der Waals surface area contributed by atoms with E-state index in [1.54, 1.807) is 0 Å². The summed E-state index contributed by atoms with van der Waals surface area (Å²) in [6.45, 7) is 2.93. The summed E-state index contributed by atoms with van der Waals surface area (Å²) < 4.78 is 45.3. The quantitative estimate of drug-likeness (QED) is 0.630. The van der Waals surface area contributed by atoms with Crippen LogP contribution in [-0.4, -0.2) is 27.7 Å². The molecule has 0 atom stereocenters. The van der Waals surface area contributed by atoms with E-state index >= 15 is 0 Å². The number of ether oxygens (including phenoxy) is 1. The first kappa shape index (κ1) is 21.3. The molecule has 1 aromatic carbocycles. The maximum Gasteiger partial charge on any atom is 0.416 e. The number of hydrogen-bond donors (Lipinski definition) is 2. The second-order valence-corrected chi connectivity index (χ2v) is 7.09. The fraction of sp³-hybridized carbons (Fsp3) is 0.250. The van der Waals surface area contributed by atoms with E-state index in [1.807, 2.05) is 0 Å². The topological polar surface area (TPSA) is 107 Å². The highest BCUT2D eigenvalue weighted by Gasteiger charge is 2.32. The summed E-state index contributed by atoms with van der Waals surface area (Å²) in [6, 6.07) is 6.98. The van der Waals surface area contributed by atoms with Gasteiger partial charge >= 0.3 is 12.1 Å². The number of aliphatic hydroxyl groups is 1. The van der Waals surface area contributed by atoms with Crippen molar-refractivity contribution in [3.63, 3.8) is 0 Å². The molecule has 10 heteroatoms. The number of nitrogens with two attached hydrogens (primary N) is 1. The molecule has 3 aromatic rings. The predicted molar refractivity (Wildman–Crippen MR) is 103 cm³/mol.